The van der Waals surface area contributed by atoms with E-state index in [0.717, 1.165) is 77.0 Å². The molecule has 1 aliphatic heterocycles. The van der Waals surface area contributed by atoms with Gasteiger partial charge in [0, 0.05) is 32.5 Å². The zero-order valence-corrected chi connectivity index (χ0v) is 25.5. The topological polar surface area (TPSA) is 78.0 Å². The average Bonchev–Trinajstić information content (AvgIpc) is 3.72. The summed E-state index contributed by atoms with van der Waals surface area (Å²) in [7, 11) is 0. The van der Waals surface area contributed by atoms with Crippen LogP contribution in [0.4, 0.5) is 0 Å². The molecule has 3 aromatic heterocycles. The van der Waals surface area contributed by atoms with E-state index in [1.807, 2.05) is 97.1 Å². The van der Waals surface area contributed by atoms with Gasteiger partial charge in [0.15, 0.2) is 0 Å². The maximum atomic E-state index is 6.33. The summed E-state index contributed by atoms with van der Waals surface area (Å²) in [5.74, 6) is 1.25. The number of hydrogen-bond donors (Lipinski definition) is 0. The van der Waals surface area contributed by atoms with E-state index >= 15 is 0 Å². The summed E-state index contributed by atoms with van der Waals surface area (Å²) in [6.45, 7) is 0. The zero-order valence-electron chi connectivity index (χ0n) is 25.5. The lowest BCUT2D eigenvalue weighted by Gasteiger charge is -2.33. The Balaban J connectivity index is 1.20. The van der Waals surface area contributed by atoms with E-state index in [2.05, 4.69) is 48.5 Å². The number of furan rings is 2. The lowest BCUT2D eigenvalue weighted by molar-refractivity contribution is 0.656. The first-order valence-electron chi connectivity index (χ1n) is 15.9. The van der Waals surface area contributed by atoms with Crippen molar-refractivity contribution < 1.29 is 8.83 Å². The van der Waals surface area contributed by atoms with Gasteiger partial charge in [0.05, 0.1) is 17.5 Å². The number of pyridine rings is 1. The molecule has 6 nitrogen and oxygen atoms in total. The Morgan fingerprint density at radius 3 is 2.17 bits per heavy atom. The van der Waals surface area contributed by atoms with Gasteiger partial charge in [0.25, 0.3) is 0 Å². The summed E-state index contributed by atoms with van der Waals surface area (Å²) in [5, 5.41) is 10.3. The molecule has 0 radical (unpaired) electrons. The molecule has 226 valence electrons. The molecule has 10 rings (SSSR count). The predicted molar refractivity (Wildman–Crippen MR) is 194 cm³/mol. The Kier molecular flexibility index (Phi) is 5.84. The number of hydrogen-bond acceptors (Lipinski definition) is 5. The smallest absolute Gasteiger partial charge is 0.227 e. The van der Waals surface area contributed by atoms with Gasteiger partial charge in [-0.3, -0.25) is 4.99 Å². The van der Waals surface area contributed by atoms with Gasteiger partial charge in [0.2, 0.25) is 5.71 Å². The minimum absolute atomic E-state index is 0.536. The van der Waals surface area contributed by atoms with Crippen molar-refractivity contribution >= 4 is 66.6 Å². The van der Waals surface area contributed by atoms with E-state index in [1.165, 1.54) is 0 Å². The van der Waals surface area contributed by atoms with Gasteiger partial charge in [0.1, 0.15) is 16.7 Å². The summed E-state index contributed by atoms with van der Waals surface area (Å²) in [6, 6.07) is 49.1. The molecule has 0 aliphatic carbocycles. The number of nitrogens with zero attached hydrogens (tertiary/aromatic N) is 4. The fourth-order valence-electron chi connectivity index (χ4n) is 6.92. The van der Waals surface area contributed by atoms with Gasteiger partial charge < -0.3 is 19.1 Å². The largest absolute Gasteiger partial charge is 0.456 e. The number of aliphatic imine (C=N–C) groups is 2. The summed E-state index contributed by atoms with van der Waals surface area (Å²) in [6.07, 6.45) is -0.536. The molecular weight excluding hydrogens is 592 g/mol. The maximum Gasteiger partial charge on any atom is 0.227 e. The summed E-state index contributed by atoms with van der Waals surface area (Å²) in [5.41, 5.74) is 8.79. The van der Waals surface area contributed by atoms with Gasteiger partial charge in [-0.2, -0.15) is 0 Å². The number of benzene rings is 6. The number of amidine groups is 2. The van der Waals surface area contributed by atoms with Crippen LogP contribution in [0.25, 0.3) is 71.4 Å². The van der Waals surface area contributed by atoms with Crippen molar-refractivity contribution in [3.63, 3.8) is 0 Å². The van der Waals surface area contributed by atoms with Crippen molar-refractivity contribution in [2.75, 3.05) is 0 Å². The van der Waals surface area contributed by atoms with Crippen LogP contribution >= 0.6 is 0 Å². The van der Waals surface area contributed by atoms with E-state index < -0.39 is 6.17 Å². The first-order valence-corrected chi connectivity index (χ1v) is 15.9. The number of fused-ring (bicyclic) bond motifs is 7. The Morgan fingerprint density at radius 1 is 0.542 bits per heavy atom. The van der Waals surface area contributed by atoms with Crippen LogP contribution in [-0.2, 0) is 0 Å². The van der Waals surface area contributed by atoms with Crippen molar-refractivity contribution in [1.82, 2.24) is 4.98 Å². The summed E-state index contributed by atoms with van der Waals surface area (Å²) in [4.78, 5) is 15.3. The van der Waals surface area contributed by atoms with Crippen LogP contribution < -0.4 is 0 Å². The van der Waals surface area contributed by atoms with Crippen molar-refractivity contribution in [2.45, 2.75) is 6.17 Å². The first kappa shape index (κ1) is 26.7. The highest BCUT2D eigenvalue weighted by molar-refractivity contribution is 6.22. The van der Waals surface area contributed by atoms with E-state index in [-0.39, 0.29) is 0 Å². The van der Waals surface area contributed by atoms with E-state index in [0.29, 0.717) is 17.4 Å². The predicted octanol–water partition coefficient (Wildman–Crippen LogP) is 11.0. The molecule has 1 aliphatic rings. The lowest BCUT2D eigenvalue weighted by Crippen LogP contribution is -2.16. The van der Waals surface area contributed by atoms with Crippen LogP contribution in [0.15, 0.2) is 164 Å². The number of rotatable bonds is 4. The molecular formula is C42H25N4O2-. The summed E-state index contributed by atoms with van der Waals surface area (Å²) >= 11 is 0. The maximum absolute atomic E-state index is 6.33. The Bertz CT molecular complexity index is 2770. The molecule has 9 aromatic rings. The van der Waals surface area contributed by atoms with Crippen LogP contribution in [0.5, 0.6) is 0 Å². The van der Waals surface area contributed by atoms with E-state index in [1.54, 1.807) is 0 Å². The molecule has 0 spiro atoms. The zero-order chi connectivity index (χ0) is 31.6. The van der Waals surface area contributed by atoms with Crippen molar-refractivity contribution in [3.05, 3.63) is 168 Å². The Labute approximate surface area is 274 Å². The number of aromatic nitrogens is 1. The highest BCUT2D eigenvalue weighted by Gasteiger charge is 2.21. The second-order valence-electron chi connectivity index (χ2n) is 11.9. The van der Waals surface area contributed by atoms with E-state index in [4.69, 9.17) is 29.1 Å². The van der Waals surface area contributed by atoms with Gasteiger partial charge in [-0.05, 0) is 52.6 Å². The number of para-hydroxylation sites is 2. The molecule has 0 amide bonds. The Hall–Kier alpha value is -6.53. The first-order chi connectivity index (χ1) is 23.8. The third-order valence-corrected chi connectivity index (χ3v) is 9.10. The fourth-order valence-corrected chi connectivity index (χ4v) is 6.92. The average molecular weight is 618 g/mol. The second-order valence-corrected chi connectivity index (χ2v) is 11.9. The molecule has 1 atom stereocenters. The minimum atomic E-state index is -0.536. The monoisotopic (exact) mass is 617 g/mol. The van der Waals surface area contributed by atoms with E-state index in [9.17, 15) is 0 Å². The molecule has 48 heavy (non-hydrogen) atoms. The third kappa shape index (κ3) is 4.16. The SMILES string of the molecule is c1ccc(C2=NC(c3ccccc3-c3cccc4oc5nc6ccccc6cc5c34)=NC(c3cccc4oc5ccccc5c34)[N-]2)cc1. The summed E-state index contributed by atoms with van der Waals surface area (Å²) < 4.78 is 12.6. The van der Waals surface area contributed by atoms with Crippen LogP contribution in [0.2, 0.25) is 0 Å². The molecule has 0 N–H and O–H groups in total. The molecule has 6 aromatic carbocycles. The lowest BCUT2D eigenvalue weighted by atomic mass is 9.94. The van der Waals surface area contributed by atoms with Crippen LogP contribution in [0.3, 0.4) is 0 Å². The fraction of sp³-hybridized carbons (Fsp3) is 0.0238. The van der Waals surface area contributed by atoms with Gasteiger partial charge >= 0.3 is 0 Å². The Morgan fingerprint density at radius 2 is 1.25 bits per heavy atom. The van der Waals surface area contributed by atoms with Crippen molar-refractivity contribution in [2.24, 2.45) is 9.98 Å². The third-order valence-electron chi connectivity index (χ3n) is 9.10. The van der Waals surface area contributed by atoms with Gasteiger partial charge in [-0.25, -0.2) is 4.98 Å². The second kappa shape index (κ2) is 10.5. The molecule has 0 fully saturated rings. The highest BCUT2D eigenvalue weighted by atomic mass is 16.3. The molecule has 0 saturated heterocycles. The van der Waals surface area contributed by atoms with Crippen LogP contribution in [0, 0.1) is 0 Å². The molecule has 4 heterocycles. The van der Waals surface area contributed by atoms with Crippen molar-refractivity contribution in [3.8, 4) is 11.1 Å². The minimum Gasteiger partial charge on any atom is -0.456 e. The van der Waals surface area contributed by atoms with Crippen molar-refractivity contribution in [1.29, 1.82) is 0 Å². The van der Waals surface area contributed by atoms with Crippen LogP contribution in [-0.4, -0.2) is 16.7 Å². The van der Waals surface area contributed by atoms with Gasteiger partial charge in [-0.1, -0.05) is 121 Å². The molecule has 6 heteroatoms. The normalized spacial score (nSPS) is 14.9. The quantitative estimate of drug-likeness (QED) is 0.197. The molecule has 0 bridgehead atoms. The van der Waals surface area contributed by atoms with Crippen LogP contribution in [0.1, 0.15) is 22.9 Å². The molecule has 1 unspecified atom stereocenters. The highest BCUT2D eigenvalue weighted by Crippen LogP contribution is 2.42. The molecule has 0 saturated carbocycles. The standard InChI is InChI=1S/C42H25N4O2/c1-2-12-25(13-3-1)39-44-40(46-41(45-39)31-19-11-22-35-38(31)30-17-7-9-21-34(30)47-35)29-16-6-5-15-27(29)28-18-10-23-36-37(28)32-24-26-14-4-8-20-33(26)43-42(32)48-36/h1-24,41H/q-1. The van der Waals surface area contributed by atoms with Gasteiger partial charge in [-0.15, -0.1) is 0 Å².